The van der Waals surface area contributed by atoms with Crippen LogP contribution in [0.25, 0.3) is 10.9 Å². The Hall–Kier alpha value is -4.08. The summed E-state index contributed by atoms with van der Waals surface area (Å²) in [4.78, 5) is 29.9. The molecule has 3 aromatic carbocycles. The van der Waals surface area contributed by atoms with Gasteiger partial charge in [0.1, 0.15) is 11.9 Å². The van der Waals surface area contributed by atoms with Crippen LogP contribution in [-0.2, 0) is 20.8 Å². The molecule has 1 aliphatic rings. The van der Waals surface area contributed by atoms with Gasteiger partial charge >= 0.3 is 12.1 Å². The van der Waals surface area contributed by atoms with Gasteiger partial charge in [0.05, 0.1) is 17.3 Å². The van der Waals surface area contributed by atoms with E-state index >= 15 is 0 Å². The number of para-hydroxylation sites is 1. The van der Waals surface area contributed by atoms with Crippen molar-refractivity contribution in [2.45, 2.75) is 25.5 Å². The number of aromatic amines is 1. The summed E-state index contributed by atoms with van der Waals surface area (Å²) in [6.07, 6.45) is -0.895. The molecule has 0 bridgehead atoms. The number of carbonyl (C=O) groups excluding carboxylic acids is 1. The van der Waals surface area contributed by atoms with Crippen LogP contribution in [0.5, 0.6) is 5.75 Å². The van der Waals surface area contributed by atoms with Crippen LogP contribution in [0.2, 0.25) is 5.02 Å². The number of aromatic nitrogens is 2. The second kappa shape index (κ2) is 10.5. The summed E-state index contributed by atoms with van der Waals surface area (Å²) in [5.74, 6) is -0.783. The van der Waals surface area contributed by atoms with E-state index in [9.17, 15) is 9.59 Å². The van der Waals surface area contributed by atoms with E-state index in [2.05, 4.69) is 10.2 Å². The Morgan fingerprint density at radius 1 is 1.14 bits per heavy atom. The van der Waals surface area contributed by atoms with Crippen molar-refractivity contribution in [2.75, 3.05) is 13.2 Å². The second-order valence-electron chi connectivity index (χ2n) is 8.61. The highest BCUT2D eigenvalue weighted by Crippen LogP contribution is 2.41. The number of halogens is 1. The van der Waals surface area contributed by atoms with Crippen molar-refractivity contribution in [3.63, 3.8) is 0 Å². The van der Waals surface area contributed by atoms with Crippen molar-refractivity contribution in [1.82, 2.24) is 15.3 Å². The highest BCUT2D eigenvalue weighted by molar-refractivity contribution is 6.30. The average molecular weight is 522 g/mol. The molecule has 2 atom stereocenters. The molecule has 2 N–H and O–H groups in total. The average Bonchev–Trinajstić information content (AvgIpc) is 3.32. The predicted molar refractivity (Wildman–Crippen MR) is 135 cm³/mol. The van der Waals surface area contributed by atoms with Crippen LogP contribution >= 0.6 is 11.6 Å². The largest absolute Gasteiger partial charge is 0.528 e. The van der Waals surface area contributed by atoms with Gasteiger partial charge in [-0.2, -0.15) is 5.10 Å². The number of nitrogens with zero attached hydrogens (tertiary/aromatic N) is 2. The van der Waals surface area contributed by atoms with E-state index < -0.39 is 30.9 Å². The van der Waals surface area contributed by atoms with Crippen LogP contribution in [0.4, 0.5) is 4.79 Å². The van der Waals surface area contributed by atoms with Crippen LogP contribution < -0.4 is 4.74 Å². The van der Waals surface area contributed by atoms with Crippen LogP contribution in [0.15, 0.2) is 66.7 Å². The van der Waals surface area contributed by atoms with E-state index in [-0.39, 0.29) is 0 Å². The lowest BCUT2D eigenvalue weighted by Crippen LogP contribution is -2.38. The zero-order chi connectivity index (χ0) is 25.9. The van der Waals surface area contributed by atoms with Gasteiger partial charge in [0.25, 0.3) is 0 Å². The summed E-state index contributed by atoms with van der Waals surface area (Å²) in [6, 6.07) is 19.6. The number of rotatable bonds is 7. The quantitative estimate of drug-likeness (QED) is 0.308. The summed E-state index contributed by atoms with van der Waals surface area (Å²) < 4.78 is 11.2. The van der Waals surface area contributed by atoms with Gasteiger partial charge in [-0.25, -0.2) is 9.59 Å². The van der Waals surface area contributed by atoms with Crippen molar-refractivity contribution in [2.24, 2.45) is 0 Å². The molecule has 190 valence electrons. The minimum Gasteiger partial charge on any atom is -0.482 e. The van der Waals surface area contributed by atoms with Gasteiger partial charge in [-0.05, 0) is 48.7 Å². The minimum atomic E-state index is -1.11. The van der Waals surface area contributed by atoms with Crippen LogP contribution in [-0.4, -0.2) is 45.6 Å². The molecule has 0 amide bonds. The summed E-state index contributed by atoms with van der Waals surface area (Å²) in [7, 11) is 0. The van der Waals surface area contributed by atoms with Crippen LogP contribution in [0, 0.1) is 0 Å². The Morgan fingerprint density at radius 2 is 1.92 bits per heavy atom. The van der Waals surface area contributed by atoms with Crippen molar-refractivity contribution in [3.05, 3.63) is 94.1 Å². The number of carbonyl (C=O) groups is 2. The maximum Gasteiger partial charge on any atom is 0.528 e. The molecule has 0 saturated heterocycles. The Kier molecular flexibility index (Phi) is 6.98. The molecule has 0 fully saturated rings. The Labute approximate surface area is 217 Å². The van der Waals surface area contributed by atoms with Crippen molar-refractivity contribution in [3.8, 4) is 5.75 Å². The molecule has 0 aliphatic carbocycles. The number of nitrogens with one attached hydrogen (secondary N) is 1. The minimum absolute atomic E-state index is 0.327. The maximum atomic E-state index is 13.0. The summed E-state index contributed by atoms with van der Waals surface area (Å²) in [5.41, 5.74) is 3.95. The lowest BCUT2D eigenvalue weighted by Gasteiger charge is -2.36. The lowest BCUT2D eigenvalue weighted by molar-refractivity contribution is -0.156. The Balaban J connectivity index is 1.43. The molecule has 10 heteroatoms. The number of ether oxygens (including phenoxy) is 2. The van der Waals surface area contributed by atoms with Gasteiger partial charge in [0.2, 0.25) is 0 Å². The molecule has 4 aromatic rings. The summed E-state index contributed by atoms with van der Waals surface area (Å²) in [5, 5.41) is 19.1. The number of hydrogen-bond donors (Lipinski definition) is 2. The van der Waals surface area contributed by atoms with Crippen molar-refractivity contribution >= 4 is 34.6 Å². The number of fused-ring (bicyclic) bond motifs is 2. The van der Waals surface area contributed by atoms with E-state index in [4.69, 9.17) is 31.0 Å². The first-order valence-corrected chi connectivity index (χ1v) is 12.1. The van der Waals surface area contributed by atoms with E-state index in [0.717, 1.165) is 22.0 Å². The number of carboxylic acids is 1. The van der Waals surface area contributed by atoms with E-state index in [0.29, 0.717) is 35.0 Å². The molecule has 9 nitrogen and oxygen atoms in total. The molecule has 1 aliphatic heterocycles. The fraction of sp³-hybridized carbons (Fsp3) is 0.222. The number of aliphatic carboxylic acids is 1. The first kappa shape index (κ1) is 24.6. The number of carboxylic acid groups (broad SMARTS) is 1. The second-order valence-corrected chi connectivity index (χ2v) is 9.05. The first-order chi connectivity index (χ1) is 17.9. The number of benzene rings is 3. The normalized spacial score (nSPS) is 16.1. The zero-order valence-corrected chi connectivity index (χ0v) is 20.6. The van der Waals surface area contributed by atoms with Crippen molar-refractivity contribution < 1.29 is 29.0 Å². The molecule has 0 spiro atoms. The zero-order valence-electron chi connectivity index (χ0n) is 19.9. The van der Waals surface area contributed by atoms with Gasteiger partial charge in [-0.15, -0.1) is 5.06 Å². The van der Waals surface area contributed by atoms with Gasteiger partial charge in [-0.3, -0.25) is 5.10 Å². The molecule has 0 radical (unpaired) electrons. The van der Waals surface area contributed by atoms with E-state index in [1.165, 1.54) is 5.06 Å². The molecular weight excluding hydrogens is 498 g/mol. The maximum absolute atomic E-state index is 13.0. The summed E-state index contributed by atoms with van der Waals surface area (Å²) >= 11 is 6.32. The molecule has 5 rings (SSSR count). The highest BCUT2D eigenvalue weighted by atomic mass is 35.5. The lowest BCUT2D eigenvalue weighted by atomic mass is 9.89. The first-order valence-electron chi connectivity index (χ1n) is 11.7. The third-order valence-corrected chi connectivity index (χ3v) is 6.45. The van der Waals surface area contributed by atoms with Gasteiger partial charge in [-0.1, -0.05) is 54.1 Å². The number of hydroxylamine groups is 2. The molecule has 1 unspecified atom stereocenters. The molecule has 1 aromatic heterocycles. The molecule has 0 saturated carbocycles. The van der Waals surface area contributed by atoms with Crippen molar-refractivity contribution in [1.29, 1.82) is 0 Å². The van der Waals surface area contributed by atoms with Crippen LogP contribution in [0.1, 0.15) is 41.5 Å². The van der Waals surface area contributed by atoms with E-state index in [1.807, 2.05) is 48.5 Å². The number of H-pyrrole nitrogens is 1. The van der Waals surface area contributed by atoms with E-state index in [1.54, 1.807) is 25.1 Å². The highest BCUT2D eigenvalue weighted by Gasteiger charge is 2.35. The SMILES string of the molecule is CC(OC(=O)ON1CCc2ccccc2[C@H]1c1cc(Cl)ccc1OCC(=O)O)c1[nH]nc2ccccc12. The standard InChI is InChI=1S/C27H24ClN3O6/c1-16(25-20-8-4-5-9-22(20)29-30-25)36-27(34)37-31-13-12-17-6-2-3-7-19(17)26(31)21-14-18(28)10-11-23(21)35-15-24(32)33/h2-11,14,16,26H,12-13,15H2,1H3,(H,29,30)(H,32,33)/t16?,26-/m0/s1. The topological polar surface area (TPSA) is 114 Å². The molecule has 2 heterocycles. The van der Waals surface area contributed by atoms with Gasteiger partial charge in [0.15, 0.2) is 6.61 Å². The third kappa shape index (κ3) is 5.23. The van der Waals surface area contributed by atoms with Crippen LogP contribution in [0.3, 0.4) is 0 Å². The Bertz CT molecular complexity index is 1460. The monoisotopic (exact) mass is 521 g/mol. The van der Waals surface area contributed by atoms with Gasteiger partial charge in [0, 0.05) is 22.5 Å². The van der Waals surface area contributed by atoms with Gasteiger partial charge < -0.3 is 19.4 Å². The third-order valence-electron chi connectivity index (χ3n) is 6.22. The smallest absolute Gasteiger partial charge is 0.482 e. The Morgan fingerprint density at radius 3 is 2.76 bits per heavy atom. The number of hydrogen-bond acceptors (Lipinski definition) is 7. The fourth-order valence-corrected chi connectivity index (χ4v) is 4.76. The predicted octanol–water partition coefficient (Wildman–Crippen LogP) is 5.46. The summed E-state index contributed by atoms with van der Waals surface area (Å²) in [6.45, 7) is 1.59. The fourth-order valence-electron chi connectivity index (χ4n) is 4.58. The molecule has 37 heavy (non-hydrogen) atoms. The molecular formula is C27H24ClN3O6.